The molecule has 14 nitrogen and oxygen atoms in total. The minimum atomic E-state index is -3.95. The Morgan fingerprint density at radius 1 is 1.17 bits per heavy atom. The number of aryl methyl sites for hydroxylation is 1. The Bertz CT molecular complexity index is 1160. The Balaban J connectivity index is 1.06. The second-order valence-electron chi connectivity index (χ2n) is 8.45. The lowest BCUT2D eigenvalue weighted by molar-refractivity contribution is 0.244. The molecule has 3 atom stereocenters. The van der Waals surface area contributed by atoms with Gasteiger partial charge in [0, 0.05) is 30.6 Å². The Labute approximate surface area is 207 Å². The van der Waals surface area contributed by atoms with Crippen LogP contribution in [0, 0.1) is 0 Å². The van der Waals surface area contributed by atoms with Gasteiger partial charge in [0.15, 0.2) is 11.5 Å². The number of unbranched alkanes of at least 4 members (excludes halogenated alkanes) is 2. The summed E-state index contributed by atoms with van der Waals surface area (Å²) in [5, 5.41) is 8.79. The largest absolute Gasteiger partial charge is 0.382 e. The highest BCUT2D eigenvalue weighted by Gasteiger charge is 2.42. The number of nitrogens with two attached hydrogens (primary N) is 1. The van der Waals surface area contributed by atoms with Crippen molar-refractivity contribution in [3.8, 4) is 0 Å². The Kier molecular flexibility index (Phi) is 8.12. The number of aromatic nitrogens is 4. The maximum absolute atomic E-state index is 12.1. The lowest BCUT2D eigenvalue weighted by Crippen LogP contribution is -2.45. The van der Waals surface area contributed by atoms with Crippen LogP contribution < -0.4 is 31.1 Å². The first-order valence-corrected chi connectivity index (χ1v) is 14.0. The Morgan fingerprint density at radius 2 is 2.00 bits per heavy atom. The molecule has 2 saturated heterocycles. The van der Waals surface area contributed by atoms with Crippen LogP contribution in [0.5, 0.6) is 0 Å². The highest BCUT2D eigenvalue weighted by atomic mass is 32.2. The molecule has 2 aromatic rings. The van der Waals surface area contributed by atoms with E-state index in [9.17, 15) is 18.0 Å². The van der Waals surface area contributed by atoms with Crippen molar-refractivity contribution >= 4 is 51.0 Å². The first-order chi connectivity index (χ1) is 16.8. The molecular formula is C19H30N10O4S2. The summed E-state index contributed by atoms with van der Waals surface area (Å²) in [5.74, 6) is 1.22. The minimum Gasteiger partial charge on any atom is -0.382 e. The zero-order chi connectivity index (χ0) is 24.8. The number of carbonyl (C=O) groups is 2. The van der Waals surface area contributed by atoms with Gasteiger partial charge in [-0.3, -0.25) is 0 Å². The predicted molar refractivity (Wildman–Crippen MR) is 132 cm³/mol. The van der Waals surface area contributed by atoms with E-state index in [0.717, 1.165) is 25.0 Å². The van der Waals surface area contributed by atoms with Gasteiger partial charge in [0.05, 0.1) is 18.4 Å². The van der Waals surface area contributed by atoms with E-state index in [2.05, 4.69) is 35.6 Å². The van der Waals surface area contributed by atoms with Gasteiger partial charge in [-0.15, -0.1) is 0 Å². The fourth-order valence-electron chi connectivity index (χ4n) is 4.19. The first kappa shape index (κ1) is 25.2. The number of amides is 4. The van der Waals surface area contributed by atoms with Crippen LogP contribution in [-0.4, -0.2) is 76.2 Å². The number of urea groups is 2. The monoisotopic (exact) mass is 526 g/mol. The van der Waals surface area contributed by atoms with E-state index in [-0.39, 0.29) is 24.7 Å². The highest BCUT2D eigenvalue weighted by Crippen LogP contribution is 2.32. The average Bonchev–Trinajstić information content (AvgIpc) is 3.48. The Morgan fingerprint density at radius 3 is 2.86 bits per heavy atom. The normalized spacial score (nSPS) is 21.5. The third-order valence-electron chi connectivity index (χ3n) is 5.91. The number of nitrogens with one attached hydrogen (secondary N) is 5. The van der Waals surface area contributed by atoms with Crippen molar-refractivity contribution in [3.63, 3.8) is 0 Å². The summed E-state index contributed by atoms with van der Waals surface area (Å²) in [6, 6.07) is -0.515. The van der Waals surface area contributed by atoms with Crippen molar-refractivity contribution in [1.29, 1.82) is 0 Å². The zero-order valence-electron chi connectivity index (χ0n) is 19.1. The van der Waals surface area contributed by atoms with Crippen LogP contribution in [0.1, 0.15) is 32.1 Å². The van der Waals surface area contributed by atoms with E-state index in [4.69, 9.17) is 5.73 Å². The molecule has 35 heavy (non-hydrogen) atoms. The molecule has 7 N–H and O–H groups in total. The standard InChI is InChI=1S/C19H30N10O4S2/c20-16-15-17(23-10-22-16)29(11-24-15)8-4-3-7-25-35(32,33)28-18(30)21-6-2-1-5-13-14-12(9-34-13)26-19(31)27-14/h10-14,25H,1-9H2,(H2,20,22,23)(H2,21,28,30)(H2,26,27,31)/t12-,13-,14-/m0/s1. The molecule has 4 rings (SSSR count). The molecule has 0 unspecified atom stereocenters. The van der Waals surface area contributed by atoms with E-state index in [0.29, 0.717) is 48.2 Å². The number of rotatable bonds is 12. The number of hydrogen-bond acceptors (Lipinski definition) is 9. The molecule has 2 aliphatic heterocycles. The van der Waals surface area contributed by atoms with E-state index in [1.54, 1.807) is 6.33 Å². The molecule has 4 heterocycles. The number of thioether (sulfide) groups is 1. The van der Waals surface area contributed by atoms with Crippen molar-refractivity contribution in [3.05, 3.63) is 12.7 Å². The van der Waals surface area contributed by atoms with Crippen molar-refractivity contribution in [1.82, 2.24) is 44.9 Å². The summed E-state index contributed by atoms with van der Waals surface area (Å²) in [6.07, 6.45) is 6.73. The van der Waals surface area contributed by atoms with E-state index in [1.807, 2.05) is 21.1 Å². The Hall–Kier alpha value is -2.85. The van der Waals surface area contributed by atoms with Gasteiger partial charge in [-0.25, -0.2) is 29.3 Å². The average molecular weight is 527 g/mol. The highest BCUT2D eigenvalue weighted by molar-refractivity contribution is 8.00. The minimum absolute atomic E-state index is 0.106. The van der Waals surface area contributed by atoms with Crippen LogP contribution in [0.4, 0.5) is 15.4 Å². The van der Waals surface area contributed by atoms with Crippen LogP contribution in [-0.2, 0) is 16.8 Å². The second kappa shape index (κ2) is 11.3. The predicted octanol–water partition coefficient (Wildman–Crippen LogP) is -0.342. The quantitative estimate of drug-likeness (QED) is 0.158. The number of anilines is 1. The van der Waals surface area contributed by atoms with Crippen molar-refractivity contribution in [2.45, 2.75) is 56.0 Å². The molecule has 2 aliphatic rings. The van der Waals surface area contributed by atoms with Crippen molar-refractivity contribution in [2.75, 3.05) is 24.6 Å². The third-order valence-corrected chi connectivity index (χ3v) is 8.46. The smallest absolute Gasteiger partial charge is 0.329 e. The van der Waals surface area contributed by atoms with Gasteiger partial charge in [-0.1, -0.05) is 6.42 Å². The first-order valence-electron chi connectivity index (χ1n) is 11.5. The van der Waals surface area contributed by atoms with Crippen molar-refractivity contribution in [2.24, 2.45) is 0 Å². The summed E-state index contributed by atoms with van der Waals surface area (Å²) in [5.41, 5.74) is 6.93. The number of nitrogen functional groups attached to an aromatic ring is 1. The number of carbonyl (C=O) groups excluding carboxylic acids is 2. The topological polar surface area (TPSA) is 198 Å². The van der Waals surface area contributed by atoms with Gasteiger partial charge in [-0.05, 0) is 25.7 Å². The second-order valence-corrected chi connectivity index (χ2v) is 11.2. The van der Waals surface area contributed by atoms with Crippen LogP contribution in [0.25, 0.3) is 11.2 Å². The molecule has 0 aromatic carbocycles. The van der Waals surface area contributed by atoms with Crippen LogP contribution >= 0.6 is 11.8 Å². The van der Waals surface area contributed by atoms with Gasteiger partial charge in [0.25, 0.3) is 0 Å². The van der Waals surface area contributed by atoms with Crippen LogP contribution in [0.2, 0.25) is 0 Å². The SMILES string of the molecule is Nc1ncnc2c1ncn2CCCCNS(=O)(=O)NC(=O)NCCCC[C@@H]1SC[C@@H]2NC(=O)N[C@@H]21. The maximum Gasteiger partial charge on any atom is 0.329 e. The van der Waals surface area contributed by atoms with E-state index < -0.39 is 16.2 Å². The maximum atomic E-state index is 12.1. The van der Waals surface area contributed by atoms with Crippen LogP contribution in [0.3, 0.4) is 0 Å². The summed E-state index contributed by atoms with van der Waals surface area (Å²) >= 11 is 1.84. The molecule has 0 aliphatic carbocycles. The van der Waals surface area contributed by atoms with E-state index in [1.165, 1.54) is 6.33 Å². The fourth-order valence-corrected chi connectivity index (χ4v) is 6.53. The molecule has 0 radical (unpaired) electrons. The van der Waals surface area contributed by atoms with Gasteiger partial charge in [0.1, 0.15) is 11.8 Å². The van der Waals surface area contributed by atoms with Crippen LogP contribution in [0.15, 0.2) is 12.7 Å². The fraction of sp³-hybridized carbons (Fsp3) is 0.632. The van der Waals surface area contributed by atoms with E-state index >= 15 is 0 Å². The number of nitrogens with zero attached hydrogens (tertiary/aromatic N) is 4. The van der Waals surface area contributed by atoms with Gasteiger partial charge in [-0.2, -0.15) is 24.9 Å². The molecule has 4 amide bonds. The molecule has 16 heteroatoms. The van der Waals surface area contributed by atoms with Gasteiger partial charge >= 0.3 is 22.3 Å². The summed E-state index contributed by atoms with van der Waals surface area (Å²) in [7, 11) is -3.95. The van der Waals surface area contributed by atoms with Crippen molar-refractivity contribution < 1.29 is 18.0 Å². The number of fused-ring (bicyclic) bond motifs is 2. The van der Waals surface area contributed by atoms with Gasteiger partial charge < -0.3 is 26.3 Å². The van der Waals surface area contributed by atoms with Gasteiger partial charge in [0.2, 0.25) is 0 Å². The summed E-state index contributed by atoms with van der Waals surface area (Å²) < 4.78 is 30.3. The molecule has 0 saturated carbocycles. The molecule has 0 bridgehead atoms. The number of hydrogen-bond donors (Lipinski definition) is 6. The zero-order valence-corrected chi connectivity index (χ0v) is 20.7. The third kappa shape index (κ3) is 6.64. The summed E-state index contributed by atoms with van der Waals surface area (Å²) in [6.45, 7) is 1.13. The molecule has 192 valence electrons. The molecular weight excluding hydrogens is 496 g/mol. The molecule has 0 spiro atoms. The molecule has 2 fully saturated rings. The molecule has 2 aromatic heterocycles. The number of imidazole rings is 1. The summed E-state index contributed by atoms with van der Waals surface area (Å²) in [4.78, 5) is 35.6. The lowest BCUT2D eigenvalue weighted by Gasteiger charge is -2.16. The lowest BCUT2D eigenvalue weighted by atomic mass is 10.0.